The maximum absolute atomic E-state index is 7.45. The number of hydrogen-bond acceptors (Lipinski definition) is 2. The highest BCUT2D eigenvalue weighted by molar-refractivity contribution is 9.10. The number of nitrogens with one attached hydrogen (secondary N) is 2. The smallest absolute Gasteiger partial charge is 0.141 e. The molecule has 1 aromatic heterocycles. The number of aromatic nitrogens is 1. The summed E-state index contributed by atoms with van der Waals surface area (Å²) in [5, 5.41) is 7.45. The van der Waals surface area contributed by atoms with E-state index < -0.39 is 0 Å². The highest BCUT2D eigenvalue weighted by atomic mass is 79.9. The molecule has 0 atom stereocenters. The van der Waals surface area contributed by atoms with Crippen molar-refractivity contribution >= 4 is 33.8 Å². The Kier molecular flexibility index (Phi) is 2.65. The summed E-state index contributed by atoms with van der Waals surface area (Å²) >= 11 is 3.30. The molecule has 0 bridgehead atoms. The van der Waals surface area contributed by atoms with Crippen molar-refractivity contribution in [3.63, 3.8) is 0 Å². The fourth-order valence-electron chi connectivity index (χ4n) is 0.922. The molecule has 0 aromatic carbocycles. The fourth-order valence-corrected chi connectivity index (χ4v) is 1.52. The van der Waals surface area contributed by atoms with Crippen molar-refractivity contribution in [3.05, 3.63) is 16.2 Å². The van der Waals surface area contributed by atoms with E-state index in [2.05, 4.69) is 25.9 Å². The van der Waals surface area contributed by atoms with E-state index in [9.17, 15) is 0 Å². The van der Waals surface area contributed by atoms with Crippen LogP contribution in [0.1, 0.15) is 12.5 Å². The second-order valence-corrected chi connectivity index (χ2v) is 3.12. The third kappa shape index (κ3) is 1.55. The van der Waals surface area contributed by atoms with E-state index in [1.807, 2.05) is 0 Å². The lowest BCUT2D eigenvalue weighted by molar-refractivity contribution is 1.33. The molecule has 64 valence electrons. The number of aromatic amines is 1. The maximum atomic E-state index is 7.45. The maximum Gasteiger partial charge on any atom is 0.141 e. The van der Waals surface area contributed by atoms with Gasteiger partial charge in [0.25, 0.3) is 0 Å². The first-order valence-corrected chi connectivity index (χ1v) is 4.12. The molecule has 0 aliphatic carbocycles. The van der Waals surface area contributed by atoms with Gasteiger partial charge in [-0.25, -0.2) is 4.99 Å². The van der Waals surface area contributed by atoms with Crippen LogP contribution in [0.25, 0.3) is 0 Å². The first kappa shape index (κ1) is 8.99. The van der Waals surface area contributed by atoms with Crippen LogP contribution < -0.4 is 5.73 Å². The number of halogens is 1. The molecule has 5 heteroatoms. The first-order chi connectivity index (χ1) is 5.66. The molecular weight excluding hydrogens is 220 g/mol. The van der Waals surface area contributed by atoms with Gasteiger partial charge in [-0.3, -0.25) is 0 Å². The topological polar surface area (TPSA) is 78.0 Å². The zero-order valence-corrected chi connectivity index (χ0v) is 8.14. The van der Waals surface area contributed by atoms with Gasteiger partial charge in [0.15, 0.2) is 0 Å². The minimum atomic E-state index is 0.448. The number of rotatable bonds is 2. The van der Waals surface area contributed by atoms with Gasteiger partial charge in [0, 0.05) is 16.4 Å². The van der Waals surface area contributed by atoms with Crippen molar-refractivity contribution in [2.45, 2.75) is 6.92 Å². The van der Waals surface area contributed by atoms with Gasteiger partial charge in [0.1, 0.15) is 5.82 Å². The first-order valence-electron chi connectivity index (χ1n) is 3.33. The molecular formula is C7H9BrN4. The van der Waals surface area contributed by atoms with Crippen LogP contribution in [0.3, 0.4) is 0 Å². The van der Waals surface area contributed by atoms with Gasteiger partial charge in [-0.2, -0.15) is 0 Å². The molecule has 0 aliphatic heterocycles. The van der Waals surface area contributed by atoms with E-state index in [4.69, 9.17) is 11.1 Å². The number of H-pyrrole nitrogens is 1. The van der Waals surface area contributed by atoms with E-state index in [-0.39, 0.29) is 0 Å². The molecule has 1 heterocycles. The monoisotopic (exact) mass is 228 g/mol. The molecule has 0 spiro atoms. The van der Waals surface area contributed by atoms with Gasteiger partial charge < -0.3 is 16.1 Å². The second-order valence-electron chi connectivity index (χ2n) is 2.26. The van der Waals surface area contributed by atoms with Gasteiger partial charge >= 0.3 is 0 Å². The Labute approximate surface area is 78.5 Å². The lowest BCUT2D eigenvalue weighted by Crippen LogP contribution is -1.93. The van der Waals surface area contributed by atoms with Crippen molar-refractivity contribution in [2.24, 2.45) is 10.7 Å². The fraction of sp³-hybridized carbons (Fsp3) is 0.143. The molecule has 0 fully saturated rings. The summed E-state index contributed by atoms with van der Waals surface area (Å²) in [5.74, 6) is 0.608. The van der Waals surface area contributed by atoms with Crippen LogP contribution in [0.4, 0.5) is 5.82 Å². The van der Waals surface area contributed by atoms with Crippen molar-refractivity contribution in [1.29, 1.82) is 5.41 Å². The van der Waals surface area contributed by atoms with Crippen LogP contribution in [0.5, 0.6) is 0 Å². The summed E-state index contributed by atoms with van der Waals surface area (Å²) in [7, 11) is 0. The Bertz CT molecular complexity index is 326. The van der Waals surface area contributed by atoms with Crippen molar-refractivity contribution in [1.82, 2.24) is 4.98 Å². The Morgan fingerprint density at radius 1 is 1.83 bits per heavy atom. The summed E-state index contributed by atoms with van der Waals surface area (Å²) in [4.78, 5) is 6.77. The molecule has 4 nitrogen and oxygen atoms in total. The van der Waals surface area contributed by atoms with E-state index in [0.29, 0.717) is 11.5 Å². The Balaban J connectivity index is 3.21. The number of nitrogens with two attached hydrogens (primary N) is 1. The van der Waals surface area contributed by atoms with Crippen LogP contribution in [0, 0.1) is 5.41 Å². The standard InChI is InChI=1S/C7H9BrN4/c1-4(10)6-5(8)2-11-7(6)12-3-9/h2-3,10-11H,1H3,(H2,9,12). The Hall–Kier alpha value is -1.10. The van der Waals surface area contributed by atoms with Crippen molar-refractivity contribution in [2.75, 3.05) is 0 Å². The van der Waals surface area contributed by atoms with Crippen molar-refractivity contribution in [3.8, 4) is 0 Å². The Morgan fingerprint density at radius 3 is 3.00 bits per heavy atom. The quantitative estimate of drug-likeness (QED) is 0.524. The normalized spacial score (nSPS) is 10.8. The molecule has 0 amide bonds. The molecule has 0 aliphatic rings. The molecule has 0 radical (unpaired) electrons. The third-order valence-corrected chi connectivity index (χ3v) is 2.02. The Morgan fingerprint density at radius 2 is 2.50 bits per heavy atom. The lowest BCUT2D eigenvalue weighted by Gasteiger charge is -1.95. The van der Waals surface area contributed by atoms with Crippen LogP contribution in [-0.4, -0.2) is 17.0 Å². The summed E-state index contributed by atoms with van der Waals surface area (Å²) in [6.07, 6.45) is 2.93. The van der Waals surface area contributed by atoms with Gasteiger partial charge in [-0.1, -0.05) is 0 Å². The minimum absolute atomic E-state index is 0.448. The van der Waals surface area contributed by atoms with E-state index in [1.54, 1.807) is 13.1 Å². The average Bonchev–Trinajstić information content (AvgIpc) is 2.32. The van der Waals surface area contributed by atoms with Gasteiger partial charge in [0.05, 0.1) is 11.9 Å². The zero-order chi connectivity index (χ0) is 9.14. The average molecular weight is 229 g/mol. The number of nitrogens with zero attached hydrogens (tertiary/aromatic N) is 1. The van der Waals surface area contributed by atoms with Crippen LogP contribution >= 0.6 is 15.9 Å². The van der Waals surface area contributed by atoms with Crippen LogP contribution in [0.2, 0.25) is 0 Å². The highest BCUT2D eigenvalue weighted by Crippen LogP contribution is 2.26. The zero-order valence-electron chi connectivity index (χ0n) is 6.56. The SMILES string of the molecule is CC(=N)c1c(Br)c[nH]c1/N=C\N. The van der Waals surface area contributed by atoms with Gasteiger partial charge in [-0.05, 0) is 22.9 Å². The van der Waals surface area contributed by atoms with Gasteiger partial charge in [0.2, 0.25) is 0 Å². The minimum Gasteiger partial charge on any atom is -0.390 e. The van der Waals surface area contributed by atoms with Crippen molar-refractivity contribution < 1.29 is 0 Å². The molecule has 0 saturated heterocycles. The van der Waals surface area contributed by atoms with Crippen LogP contribution in [-0.2, 0) is 0 Å². The summed E-state index contributed by atoms with van der Waals surface area (Å²) in [6.45, 7) is 1.70. The van der Waals surface area contributed by atoms with E-state index >= 15 is 0 Å². The van der Waals surface area contributed by atoms with E-state index in [0.717, 1.165) is 10.0 Å². The predicted molar refractivity (Wildman–Crippen MR) is 53.3 cm³/mol. The van der Waals surface area contributed by atoms with Gasteiger partial charge in [-0.15, -0.1) is 0 Å². The molecule has 0 unspecified atom stereocenters. The molecule has 1 rings (SSSR count). The molecule has 12 heavy (non-hydrogen) atoms. The van der Waals surface area contributed by atoms with Crippen LogP contribution in [0.15, 0.2) is 15.7 Å². The largest absolute Gasteiger partial charge is 0.390 e. The predicted octanol–water partition coefficient (Wildman–Crippen LogP) is 1.78. The molecule has 0 saturated carbocycles. The molecule has 4 N–H and O–H groups in total. The second kappa shape index (κ2) is 3.53. The summed E-state index contributed by atoms with van der Waals surface area (Å²) in [6, 6.07) is 0. The number of hydrogen-bond donors (Lipinski definition) is 3. The number of aliphatic imine (C=N–C) groups is 1. The lowest BCUT2D eigenvalue weighted by atomic mass is 10.2. The summed E-state index contributed by atoms with van der Waals surface area (Å²) in [5.41, 5.74) is 6.34. The third-order valence-electron chi connectivity index (χ3n) is 1.39. The highest BCUT2D eigenvalue weighted by Gasteiger charge is 2.09. The molecule has 1 aromatic rings. The van der Waals surface area contributed by atoms with E-state index in [1.165, 1.54) is 6.34 Å². The summed E-state index contributed by atoms with van der Waals surface area (Å²) < 4.78 is 0.829.